The van der Waals surface area contributed by atoms with Crippen molar-refractivity contribution in [2.45, 2.75) is 52.2 Å². The van der Waals surface area contributed by atoms with Crippen molar-refractivity contribution in [2.24, 2.45) is 0 Å². The fraction of sp³-hybridized carbons (Fsp3) is 0.576. The molecule has 0 bridgehead atoms. The number of hydrogen-bond acceptors (Lipinski definition) is 11. The van der Waals surface area contributed by atoms with Gasteiger partial charge in [0, 0.05) is 70.4 Å². The lowest BCUT2D eigenvalue weighted by atomic mass is 10.1. The molecular weight excluding hydrogens is 606 g/mol. The molecule has 1 aromatic heterocycles. The first-order valence-corrected chi connectivity index (χ1v) is 16.2. The van der Waals surface area contributed by atoms with Crippen LogP contribution in [0.15, 0.2) is 36.4 Å². The zero-order chi connectivity index (χ0) is 33.8. The highest BCUT2D eigenvalue weighted by molar-refractivity contribution is 5.97. The molecule has 0 aliphatic carbocycles. The third-order valence-corrected chi connectivity index (χ3v) is 7.61. The van der Waals surface area contributed by atoms with Gasteiger partial charge in [0.15, 0.2) is 5.82 Å². The van der Waals surface area contributed by atoms with Crippen LogP contribution < -0.4 is 10.6 Å². The molecule has 0 radical (unpaired) electrons. The number of benzene rings is 1. The van der Waals surface area contributed by atoms with Crippen molar-refractivity contribution in [1.82, 2.24) is 30.0 Å². The summed E-state index contributed by atoms with van der Waals surface area (Å²) >= 11 is 0. The van der Waals surface area contributed by atoms with Crippen LogP contribution in [0.5, 0.6) is 0 Å². The van der Waals surface area contributed by atoms with Gasteiger partial charge in [-0.1, -0.05) is 30.3 Å². The van der Waals surface area contributed by atoms with E-state index in [-0.39, 0.29) is 44.1 Å². The van der Waals surface area contributed by atoms with E-state index in [0.717, 1.165) is 25.2 Å². The number of anilines is 1. The van der Waals surface area contributed by atoms with Crippen molar-refractivity contribution in [2.75, 3.05) is 77.5 Å². The summed E-state index contributed by atoms with van der Waals surface area (Å²) in [5.74, 6) is -0.570. The van der Waals surface area contributed by atoms with Gasteiger partial charge in [-0.2, -0.15) is 0 Å². The molecule has 1 unspecified atom stereocenters. The SMILES string of the molecule is CCOC(=O)N1CCN(C(=O)C(CCC(=O)OC(C)(C)C)NC(=O)c2cc(NCCN3CCOCC3)nc(-c3ccccc3)n2)CC1. The van der Waals surface area contributed by atoms with Gasteiger partial charge in [0.2, 0.25) is 5.91 Å². The van der Waals surface area contributed by atoms with Crippen molar-refractivity contribution in [1.29, 1.82) is 0 Å². The number of carbonyl (C=O) groups is 4. The minimum absolute atomic E-state index is 0.0266. The third-order valence-electron chi connectivity index (χ3n) is 7.61. The van der Waals surface area contributed by atoms with Gasteiger partial charge in [-0.15, -0.1) is 0 Å². The molecule has 2 aromatic rings. The maximum atomic E-state index is 13.8. The van der Waals surface area contributed by atoms with Gasteiger partial charge in [-0.05, 0) is 34.1 Å². The monoisotopic (exact) mass is 653 g/mol. The maximum Gasteiger partial charge on any atom is 0.409 e. The molecule has 0 spiro atoms. The summed E-state index contributed by atoms with van der Waals surface area (Å²) in [6.45, 7) is 12.9. The van der Waals surface area contributed by atoms with E-state index in [9.17, 15) is 19.2 Å². The van der Waals surface area contributed by atoms with Gasteiger partial charge in [-0.3, -0.25) is 19.3 Å². The number of ether oxygens (including phenoxy) is 3. The fourth-order valence-electron chi connectivity index (χ4n) is 5.23. The highest BCUT2D eigenvalue weighted by atomic mass is 16.6. The fourth-order valence-corrected chi connectivity index (χ4v) is 5.23. The Morgan fingerprint density at radius 2 is 1.64 bits per heavy atom. The number of piperazine rings is 1. The van der Waals surface area contributed by atoms with Crippen molar-refractivity contribution in [3.8, 4) is 11.4 Å². The van der Waals surface area contributed by atoms with Crippen LogP contribution in [0.2, 0.25) is 0 Å². The van der Waals surface area contributed by atoms with Crippen LogP contribution in [0.25, 0.3) is 11.4 Å². The van der Waals surface area contributed by atoms with Crippen LogP contribution in [0.4, 0.5) is 10.6 Å². The van der Waals surface area contributed by atoms with Crippen molar-refractivity contribution in [3.63, 3.8) is 0 Å². The van der Waals surface area contributed by atoms with Gasteiger partial charge >= 0.3 is 12.1 Å². The standard InChI is InChI=1S/C33H47N7O7/c1-5-46-32(44)40-17-15-39(16-18-40)31(43)25(11-12-28(41)47-33(2,3)4)36-30(42)26-23-27(34-13-14-38-19-21-45-22-20-38)37-29(35-26)24-9-7-6-8-10-24/h6-10,23,25H,5,11-22H2,1-4H3,(H,36,42)(H,34,35,37). The third kappa shape index (κ3) is 11.2. The summed E-state index contributed by atoms with van der Waals surface area (Å²) in [7, 11) is 0. The number of carbonyl (C=O) groups excluding carboxylic acids is 4. The molecule has 0 saturated carbocycles. The van der Waals surface area contributed by atoms with Crippen molar-refractivity contribution in [3.05, 3.63) is 42.1 Å². The Kier molecular flexibility index (Phi) is 12.9. The number of amides is 3. The maximum absolute atomic E-state index is 13.8. The molecule has 2 aliphatic rings. The van der Waals surface area contributed by atoms with Crippen LogP contribution in [0.1, 0.15) is 51.0 Å². The molecule has 14 heteroatoms. The van der Waals surface area contributed by atoms with Crippen molar-refractivity contribution >= 4 is 29.7 Å². The Labute approximate surface area is 276 Å². The quantitative estimate of drug-likeness (QED) is 0.325. The second-order valence-electron chi connectivity index (χ2n) is 12.4. The number of nitrogens with zero attached hydrogens (tertiary/aromatic N) is 5. The van der Waals surface area contributed by atoms with Gasteiger partial charge in [0.25, 0.3) is 5.91 Å². The predicted molar refractivity (Wildman–Crippen MR) is 175 cm³/mol. The second kappa shape index (κ2) is 17.0. The molecular formula is C33H47N7O7. The second-order valence-corrected chi connectivity index (χ2v) is 12.4. The molecule has 14 nitrogen and oxygen atoms in total. The number of nitrogens with one attached hydrogen (secondary N) is 2. The summed E-state index contributed by atoms with van der Waals surface area (Å²) in [6.07, 6.45) is -0.482. The van der Waals surface area contributed by atoms with Crippen LogP contribution in [0.3, 0.4) is 0 Å². The molecule has 1 aromatic carbocycles. The van der Waals surface area contributed by atoms with Crippen LogP contribution in [-0.4, -0.2) is 132 Å². The lowest BCUT2D eigenvalue weighted by Gasteiger charge is -2.36. The van der Waals surface area contributed by atoms with Crippen LogP contribution >= 0.6 is 0 Å². The van der Waals surface area contributed by atoms with E-state index in [0.29, 0.717) is 44.5 Å². The molecule has 2 aliphatic heterocycles. The summed E-state index contributed by atoms with van der Waals surface area (Å²) in [6, 6.07) is 9.87. The zero-order valence-electron chi connectivity index (χ0n) is 27.8. The first-order chi connectivity index (χ1) is 22.5. The Balaban J connectivity index is 1.51. The summed E-state index contributed by atoms with van der Waals surface area (Å²) in [5.41, 5.74) is 0.119. The molecule has 3 heterocycles. The molecule has 256 valence electrons. The van der Waals surface area contributed by atoms with E-state index in [1.807, 2.05) is 30.3 Å². The normalized spacial score (nSPS) is 16.3. The van der Waals surface area contributed by atoms with Crippen molar-refractivity contribution < 1.29 is 33.4 Å². The first kappa shape index (κ1) is 35.6. The van der Waals surface area contributed by atoms with Crippen LogP contribution in [0, 0.1) is 0 Å². The van der Waals surface area contributed by atoms with E-state index in [1.54, 1.807) is 43.6 Å². The summed E-state index contributed by atoms with van der Waals surface area (Å²) in [5, 5.41) is 6.15. The number of morpholine rings is 1. The Bertz CT molecular complexity index is 1350. The molecule has 4 rings (SSSR count). The largest absolute Gasteiger partial charge is 0.460 e. The van der Waals surface area contributed by atoms with Crippen LogP contribution in [-0.2, 0) is 23.8 Å². The molecule has 2 fully saturated rings. The molecule has 3 amide bonds. The predicted octanol–water partition coefficient (Wildman–Crippen LogP) is 2.41. The summed E-state index contributed by atoms with van der Waals surface area (Å²) in [4.78, 5) is 67.0. The average molecular weight is 654 g/mol. The first-order valence-electron chi connectivity index (χ1n) is 16.2. The van der Waals surface area contributed by atoms with Gasteiger partial charge in [0.05, 0.1) is 19.8 Å². The molecule has 1 atom stereocenters. The minimum Gasteiger partial charge on any atom is -0.460 e. The highest BCUT2D eigenvalue weighted by Gasteiger charge is 2.32. The van der Waals surface area contributed by atoms with E-state index < -0.39 is 29.6 Å². The lowest BCUT2D eigenvalue weighted by Crippen LogP contribution is -2.56. The molecule has 2 saturated heterocycles. The van der Waals surface area contributed by atoms with Gasteiger partial charge < -0.3 is 34.6 Å². The smallest absolute Gasteiger partial charge is 0.409 e. The van der Waals surface area contributed by atoms with Gasteiger partial charge in [0.1, 0.15) is 23.2 Å². The minimum atomic E-state index is -1.03. The van der Waals surface area contributed by atoms with E-state index in [4.69, 9.17) is 14.2 Å². The topological polar surface area (TPSA) is 156 Å². The number of rotatable bonds is 12. The molecule has 2 N–H and O–H groups in total. The number of hydrogen-bond donors (Lipinski definition) is 2. The Morgan fingerprint density at radius 3 is 2.30 bits per heavy atom. The number of esters is 1. The van der Waals surface area contributed by atoms with E-state index in [2.05, 4.69) is 25.5 Å². The molecule has 47 heavy (non-hydrogen) atoms. The average Bonchev–Trinajstić information content (AvgIpc) is 3.06. The van der Waals surface area contributed by atoms with E-state index >= 15 is 0 Å². The lowest BCUT2D eigenvalue weighted by molar-refractivity contribution is -0.155. The van der Waals surface area contributed by atoms with Gasteiger partial charge in [-0.25, -0.2) is 14.8 Å². The van der Waals surface area contributed by atoms with E-state index in [1.165, 1.54) is 0 Å². The summed E-state index contributed by atoms with van der Waals surface area (Å²) < 4.78 is 16.0. The zero-order valence-corrected chi connectivity index (χ0v) is 27.8. The number of aromatic nitrogens is 2. The Hall–Kier alpha value is -4.30. The highest BCUT2D eigenvalue weighted by Crippen LogP contribution is 2.19. The Morgan fingerprint density at radius 1 is 0.957 bits per heavy atom.